The van der Waals surface area contributed by atoms with E-state index >= 15 is 0 Å². The zero-order valence-electron chi connectivity index (χ0n) is 13.6. The van der Waals surface area contributed by atoms with Crippen molar-refractivity contribution in [2.45, 2.75) is 38.0 Å². The van der Waals surface area contributed by atoms with Gasteiger partial charge in [0.05, 0.1) is 0 Å². The molecule has 22 heavy (non-hydrogen) atoms. The van der Waals surface area contributed by atoms with Crippen LogP contribution in [0.1, 0.15) is 36.6 Å². The fourth-order valence-corrected chi connectivity index (χ4v) is 3.89. The largest absolute Gasteiger partial charge is 0.344 e. The van der Waals surface area contributed by atoms with Crippen molar-refractivity contribution < 1.29 is 4.79 Å². The number of nitrogens with two attached hydrogens (primary N) is 1. The molecule has 0 aliphatic carbocycles. The van der Waals surface area contributed by atoms with E-state index in [1.54, 1.807) is 11.8 Å². The first kappa shape index (κ1) is 19.3. The lowest BCUT2D eigenvalue weighted by molar-refractivity contribution is -0.129. The quantitative estimate of drug-likeness (QED) is 0.893. The number of benzene rings is 1. The highest BCUT2D eigenvalue weighted by Gasteiger charge is 2.29. The Balaban J connectivity index is 0.00000242. The molecule has 1 aliphatic heterocycles. The van der Waals surface area contributed by atoms with Gasteiger partial charge in [-0.15, -0.1) is 24.2 Å². The van der Waals surface area contributed by atoms with Gasteiger partial charge in [-0.2, -0.15) is 0 Å². The fourth-order valence-electron chi connectivity index (χ4n) is 2.58. The molecule has 0 fully saturated rings. The number of carbonyl (C=O) groups excluding carboxylic acids is 1. The van der Waals surface area contributed by atoms with Crippen LogP contribution in [0.25, 0.3) is 0 Å². The maximum Gasteiger partial charge on any atom is 0.239 e. The molecule has 1 aromatic carbocycles. The topological polar surface area (TPSA) is 46.3 Å². The van der Waals surface area contributed by atoms with Crippen molar-refractivity contribution in [3.8, 4) is 0 Å². The van der Waals surface area contributed by atoms with Gasteiger partial charge in [0.2, 0.25) is 5.91 Å². The molecule has 2 rings (SSSR count). The van der Waals surface area contributed by atoms with E-state index in [9.17, 15) is 4.79 Å². The highest BCUT2D eigenvalue weighted by Crippen LogP contribution is 2.37. The van der Waals surface area contributed by atoms with Crippen molar-refractivity contribution in [3.63, 3.8) is 0 Å². The van der Waals surface area contributed by atoms with Crippen molar-refractivity contribution in [2.75, 3.05) is 19.3 Å². The SMILES string of the molecule is CC(C)C(N)CCN(C)C(=O)C1SCCc2ccccc21.Cl. The summed E-state index contributed by atoms with van der Waals surface area (Å²) in [7, 11) is 1.90. The Bertz CT molecular complexity index is 495. The van der Waals surface area contributed by atoms with E-state index in [1.165, 1.54) is 11.1 Å². The molecule has 2 atom stereocenters. The van der Waals surface area contributed by atoms with Gasteiger partial charge in [-0.05, 0) is 35.6 Å². The van der Waals surface area contributed by atoms with Gasteiger partial charge < -0.3 is 10.6 Å². The number of halogens is 1. The Morgan fingerprint density at radius 1 is 1.41 bits per heavy atom. The second-order valence-corrected chi connectivity index (χ2v) is 7.37. The Hall–Kier alpha value is -0.710. The molecule has 0 saturated carbocycles. The summed E-state index contributed by atoms with van der Waals surface area (Å²) in [5.74, 6) is 1.69. The van der Waals surface area contributed by atoms with E-state index < -0.39 is 0 Å². The minimum atomic E-state index is -0.0461. The summed E-state index contributed by atoms with van der Waals surface area (Å²) >= 11 is 1.76. The van der Waals surface area contributed by atoms with Crippen LogP contribution in [0, 0.1) is 5.92 Å². The molecule has 5 heteroatoms. The molecule has 2 unspecified atom stereocenters. The van der Waals surface area contributed by atoms with Gasteiger partial charge in [0.1, 0.15) is 5.25 Å². The summed E-state index contributed by atoms with van der Waals surface area (Å²) in [5.41, 5.74) is 8.59. The summed E-state index contributed by atoms with van der Waals surface area (Å²) in [6.45, 7) is 4.98. The van der Waals surface area contributed by atoms with Crippen molar-refractivity contribution in [3.05, 3.63) is 35.4 Å². The van der Waals surface area contributed by atoms with Crippen LogP contribution in [0.5, 0.6) is 0 Å². The summed E-state index contributed by atoms with van der Waals surface area (Å²) in [5, 5.41) is -0.0461. The predicted octanol–water partition coefficient (Wildman–Crippen LogP) is 3.27. The van der Waals surface area contributed by atoms with E-state index in [-0.39, 0.29) is 29.6 Å². The minimum absolute atomic E-state index is 0. The molecule has 1 aromatic rings. The number of likely N-dealkylation sites (N-methyl/N-ethyl adjacent to an activating group) is 1. The highest BCUT2D eigenvalue weighted by molar-refractivity contribution is 8.00. The van der Waals surface area contributed by atoms with Crippen LogP contribution >= 0.6 is 24.2 Å². The maximum absolute atomic E-state index is 12.7. The molecule has 0 saturated heterocycles. The Morgan fingerprint density at radius 2 is 2.09 bits per heavy atom. The first-order valence-corrected chi connectivity index (χ1v) is 8.75. The molecule has 0 spiro atoms. The fraction of sp³-hybridized carbons (Fsp3) is 0.588. The number of aryl methyl sites for hydroxylation is 1. The first-order valence-electron chi connectivity index (χ1n) is 7.70. The third kappa shape index (κ3) is 4.64. The number of hydrogen-bond acceptors (Lipinski definition) is 3. The smallest absolute Gasteiger partial charge is 0.239 e. The van der Waals surface area contributed by atoms with Crippen LogP contribution in [0.3, 0.4) is 0 Å². The van der Waals surface area contributed by atoms with Gasteiger partial charge in [-0.3, -0.25) is 4.79 Å². The van der Waals surface area contributed by atoms with Crippen LogP contribution in [0.15, 0.2) is 24.3 Å². The number of thioether (sulfide) groups is 1. The standard InChI is InChI=1S/C17H26N2OS.ClH/c1-12(2)15(18)8-10-19(3)17(20)16-14-7-5-4-6-13(14)9-11-21-16;/h4-7,12,15-16H,8-11,18H2,1-3H3;1H. The van der Waals surface area contributed by atoms with Crippen LogP contribution in [0.2, 0.25) is 0 Å². The van der Waals surface area contributed by atoms with Crippen molar-refractivity contribution in [2.24, 2.45) is 11.7 Å². The van der Waals surface area contributed by atoms with Crippen molar-refractivity contribution in [1.82, 2.24) is 4.90 Å². The van der Waals surface area contributed by atoms with Crippen molar-refractivity contribution in [1.29, 1.82) is 0 Å². The van der Waals surface area contributed by atoms with Gasteiger partial charge in [-0.1, -0.05) is 38.1 Å². The molecule has 124 valence electrons. The van der Waals surface area contributed by atoms with Gasteiger partial charge in [0, 0.05) is 19.6 Å². The number of fused-ring (bicyclic) bond motifs is 1. The van der Waals surface area contributed by atoms with Crippen LogP contribution in [0.4, 0.5) is 0 Å². The van der Waals surface area contributed by atoms with Crippen LogP contribution in [-0.4, -0.2) is 36.2 Å². The average molecular weight is 343 g/mol. The second kappa shape index (κ2) is 8.80. The predicted molar refractivity (Wildman–Crippen MR) is 97.7 cm³/mol. The van der Waals surface area contributed by atoms with Gasteiger partial charge in [0.15, 0.2) is 0 Å². The Kier molecular flexibility index (Phi) is 7.74. The highest BCUT2D eigenvalue weighted by atomic mass is 35.5. The zero-order chi connectivity index (χ0) is 15.4. The second-order valence-electron chi connectivity index (χ2n) is 6.16. The molecule has 3 nitrogen and oxygen atoms in total. The monoisotopic (exact) mass is 342 g/mol. The summed E-state index contributed by atoms with van der Waals surface area (Å²) in [4.78, 5) is 14.6. The minimum Gasteiger partial charge on any atom is -0.344 e. The van der Waals surface area contributed by atoms with Gasteiger partial charge >= 0.3 is 0 Å². The van der Waals surface area contributed by atoms with Crippen molar-refractivity contribution >= 4 is 30.1 Å². The lowest BCUT2D eigenvalue weighted by Crippen LogP contribution is -2.37. The number of carbonyl (C=O) groups is 1. The molecule has 1 heterocycles. The molecule has 0 radical (unpaired) electrons. The number of rotatable bonds is 5. The van der Waals surface area contributed by atoms with E-state index in [0.29, 0.717) is 5.92 Å². The molecule has 1 aliphatic rings. The summed E-state index contributed by atoms with van der Waals surface area (Å²) in [6.07, 6.45) is 1.92. The molecule has 0 bridgehead atoms. The summed E-state index contributed by atoms with van der Waals surface area (Å²) < 4.78 is 0. The maximum atomic E-state index is 12.7. The molecular weight excluding hydrogens is 316 g/mol. The Morgan fingerprint density at radius 3 is 2.77 bits per heavy atom. The van der Waals surface area contributed by atoms with Crippen LogP contribution < -0.4 is 5.73 Å². The molecule has 2 N–H and O–H groups in total. The number of hydrogen-bond donors (Lipinski definition) is 1. The normalized spacial score (nSPS) is 18.3. The van der Waals surface area contributed by atoms with Crippen LogP contribution in [-0.2, 0) is 11.2 Å². The van der Waals surface area contributed by atoms with E-state index in [2.05, 4.69) is 32.0 Å². The first-order chi connectivity index (χ1) is 10.0. The third-order valence-corrected chi connectivity index (χ3v) is 5.48. The lowest BCUT2D eigenvalue weighted by Gasteiger charge is -2.29. The lowest BCUT2D eigenvalue weighted by atomic mass is 10.00. The molecule has 0 aromatic heterocycles. The van der Waals surface area contributed by atoms with E-state index in [1.807, 2.05) is 18.0 Å². The molecular formula is C17H27ClN2OS. The third-order valence-electron chi connectivity index (χ3n) is 4.25. The number of nitrogens with zero attached hydrogens (tertiary/aromatic N) is 1. The van der Waals surface area contributed by atoms with E-state index in [4.69, 9.17) is 5.73 Å². The van der Waals surface area contributed by atoms with Gasteiger partial charge in [0.25, 0.3) is 0 Å². The van der Waals surface area contributed by atoms with E-state index in [0.717, 1.165) is 25.1 Å². The number of amides is 1. The van der Waals surface area contributed by atoms with Gasteiger partial charge in [-0.25, -0.2) is 0 Å². The average Bonchev–Trinajstić information content (AvgIpc) is 2.50. The Labute approximate surface area is 144 Å². The zero-order valence-corrected chi connectivity index (χ0v) is 15.3. The summed E-state index contributed by atoms with van der Waals surface area (Å²) in [6, 6.07) is 8.48. The molecule has 1 amide bonds.